The second-order valence-electron chi connectivity index (χ2n) is 18.6. The molecule has 0 bridgehead atoms. The predicted octanol–water partition coefficient (Wildman–Crippen LogP) is 16.8. The smallest absolute Gasteiger partial charge is 0.306 e. The van der Waals surface area contributed by atoms with Crippen LogP contribution in [0.2, 0.25) is 0 Å². The van der Waals surface area contributed by atoms with Gasteiger partial charge in [-0.15, -0.1) is 0 Å². The molecule has 0 aliphatic carbocycles. The minimum Gasteiger partial charge on any atom is -0.462 e. The Balaban J connectivity index is 4.64. The van der Waals surface area contributed by atoms with E-state index in [1.165, 1.54) is 128 Å². The van der Waals surface area contributed by atoms with Crippen molar-refractivity contribution in [3.05, 3.63) is 60.8 Å². The number of hydrogen-bond acceptors (Lipinski definition) is 5. The Morgan fingerprint density at radius 1 is 0.453 bits per heavy atom. The SMILES string of the molecule is CCCCC/C=C\C/C=C\C/C=C\C/C=C\CCCCCC(=O)OC(CCCCC/C=C/CCCCCCCCC)CC(=O)NC(CO)C(O)CCCCCCCCCCCCCC. The first kappa shape index (κ1) is 61.6. The molecule has 64 heavy (non-hydrogen) atoms. The molecule has 6 heteroatoms. The van der Waals surface area contributed by atoms with Gasteiger partial charge in [0, 0.05) is 6.42 Å². The summed E-state index contributed by atoms with van der Waals surface area (Å²) in [4.78, 5) is 26.2. The van der Waals surface area contributed by atoms with Crippen molar-refractivity contribution in [2.24, 2.45) is 0 Å². The summed E-state index contributed by atoms with van der Waals surface area (Å²) in [6, 6.07) is -0.714. The van der Waals surface area contributed by atoms with Crippen LogP contribution in [0.25, 0.3) is 0 Å². The van der Waals surface area contributed by atoms with Gasteiger partial charge in [0.25, 0.3) is 0 Å². The minimum atomic E-state index is -0.798. The second-order valence-corrected chi connectivity index (χ2v) is 18.6. The van der Waals surface area contributed by atoms with Crippen LogP contribution in [0.1, 0.15) is 271 Å². The van der Waals surface area contributed by atoms with Gasteiger partial charge in [0.2, 0.25) is 5.91 Å². The van der Waals surface area contributed by atoms with E-state index in [0.29, 0.717) is 19.3 Å². The van der Waals surface area contributed by atoms with Crippen molar-refractivity contribution in [2.75, 3.05) is 6.61 Å². The highest BCUT2D eigenvalue weighted by atomic mass is 16.5. The number of carbonyl (C=O) groups excluding carboxylic acids is 2. The molecule has 0 aliphatic heterocycles. The monoisotopic (exact) mass is 896 g/mol. The van der Waals surface area contributed by atoms with Crippen molar-refractivity contribution in [3.63, 3.8) is 0 Å². The van der Waals surface area contributed by atoms with Crippen molar-refractivity contribution in [1.29, 1.82) is 0 Å². The zero-order valence-corrected chi connectivity index (χ0v) is 42.4. The number of rotatable bonds is 49. The lowest BCUT2D eigenvalue weighted by Gasteiger charge is -2.24. The molecule has 0 saturated carbocycles. The summed E-state index contributed by atoms with van der Waals surface area (Å²) in [6.07, 6.45) is 64.2. The number of esters is 1. The van der Waals surface area contributed by atoms with E-state index in [1.54, 1.807) is 0 Å². The molecule has 0 aromatic rings. The molecule has 0 radical (unpaired) electrons. The number of carbonyl (C=O) groups is 2. The van der Waals surface area contributed by atoms with Crippen LogP contribution in [0.3, 0.4) is 0 Å². The predicted molar refractivity (Wildman–Crippen MR) is 278 cm³/mol. The van der Waals surface area contributed by atoms with Crippen molar-refractivity contribution in [3.8, 4) is 0 Å². The van der Waals surface area contributed by atoms with Gasteiger partial charge in [-0.25, -0.2) is 0 Å². The van der Waals surface area contributed by atoms with Crippen LogP contribution in [0.5, 0.6) is 0 Å². The van der Waals surface area contributed by atoms with Gasteiger partial charge in [0.15, 0.2) is 0 Å². The van der Waals surface area contributed by atoms with Gasteiger partial charge in [-0.2, -0.15) is 0 Å². The summed E-state index contributed by atoms with van der Waals surface area (Å²) < 4.78 is 5.93. The topological polar surface area (TPSA) is 95.9 Å². The van der Waals surface area contributed by atoms with E-state index in [4.69, 9.17) is 4.74 Å². The van der Waals surface area contributed by atoms with E-state index < -0.39 is 18.2 Å². The van der Waals surface area contributed by atoms with E-state index in [9.17, 15) is 19.8 Å². The molecule has 0 aromatic heterocycles. The summed E-state index contributed by atoms with van der Waals surface area (Å²) >= 11 is 0. The maximum absolute atomic E-state index is 13.2. The van der Waals surface area contributed by atoms with Gasteiger partial charge in [0.1, 0.15) is 6.10 Å². The van der Waals surface area contributed by atoms with E-state index in [1.807, 2.05) is 0 Å². The first-order chi connectivity index (χ1) is 31.5. The van der Waals surface area contributed by atoms with E-state index in [0.717, 1.165) is 96.3 Å². The van der Waals surface area contributed by atoms with Crippen LogP contribution in [-0.2, 0) is 14.3 Å². The van der Waals surface area contributed by atoms with Gasteiger partial charge in [-0.1, -0.05) is 223 Å². The number of allylic oxidation sites excluding steroid dienone is 10. The number of unbranched alkanes of at least 4 members (excludes halogenated alkanes) is 27. The largest absolute Gasteiger partial charge is 0.462 e. The Bertz CT molecular complexity index is 1140. The third-order valence-corrected chi connectivity index (χ3v) is 12.3. The number of hydrogen-bond donors (Lipinski definition) is 3. The van der Waals surface area contributed by atoms with Gasteiger partial charge in [0.05, 0.1) is 25.2 Å². The molecular formula is C58H105NO5. The van der Waals surface area contributed by atoms with E-state index in [-0.39, 0.29) is 24.9 Å². The number of amides is 1. The molecular weight excluding hydrogens is 791 g/mol. The van der Waals surface area contributed by atoms with Crippen LogP contribution in [-0.4, -0.2) is 46.9 Å². The lowest BCUT2D eigenvalue weighted by molar-refractivity contribution is -0.151. The minimum absolute atomic E-state index is 0.0535. The fourth-order valence-corrected chi connectivity index (χ4v) is 8.11. The Labute approximate surface area is 397 Å². The lowest BCUT2D eigenvalue weighted by atomic mass is 10.0. The molecule has 0 spiro atoms. The number of ether oxygens (including phenoxy) is 1. The maximum Gasteiger partial charge on any atom is 0.306 e. The fraction of sp³-hybridized carbons (Fsp3) is 0.793. The Kier molecular flexibility index (Phi) is 49.6. The summed E-state index contributed by atoms with van der Waals surface area (Å²) in [5.74, 6) is -0.521. The maximum atomic E-state index is 13.2. The first-order valence-electron chi connectivity index (χ1n) is 27.5. The molecule has 0 heterocycles. The van der Waals surface area contributed by atoms with Crippen molar-refractivity contribution < 1.29 is 24.5 Å². The average Bonchev–Trinajstić information content (AvgIpc) is 3.29. The Morgan fingerprint density at radius 2 is 0.797 bits per heavy atom. The van der Waals surface area contributed by atoms with Crippen LogP contribution in [0.4, 0.5) is 0 Å². The molecule has 372 valence electrons. The van der Waals surface area contributed by atoms with Crippen LogP contribution >= 0.6 is 0 Å². The summed E-state index contributed by atoms with van der Waals surface area (Å²) in [7, 11) is 0. The third kappa shape index (κ3) is 46.1. The van der Waals surface area contributed by atoms with Crippen LogP contribution < -0.4 is 5.32 Å². The molecule has 0 aliphatic rings. The molecule has 0 fully saturated rings. The Hall–Kier alpha value is -2.44. The first-order valence-corrected chi connectivity index (χ1v) is 27.5. The van der Waals surface area contributed by atoms with Gasteiger partial charge >= 0.3 is 5.97 Å². The number of nitrogens with one attached hydrogen (secondary N) is 1. The molecule has 1 amide bonds. The average molecular weight is 896 g/mol. The lowest BCUT2D eigenvalue weighted by Crippen LogP contribution is -2.46. The molecule has 0 rings (SSSR count). The highest BCUT2D eigenvalue weighted by molar-refractivity contribution is 5.77. The quantitative estimate of drug-likeness (QED) is 0.0321. The number of aliphatic hydroxyl groups excluding tert-OH is 2. The van der Waals surface area contributed by atoms with E-state index >= 15 is 0 Å². The molecule has 6 nitrogen and oxygen atoms in total. The second kappa shape index (κ2) is 51.5. The summed E-state index contributed by atoms with van der Waals surface area (Å²) in [5.41, 5.74) is 0. The van der Waals surface area contributed by atoms with Crippen molar-refractivity contribution in [2.45, 2.75) is 289 Å². The van der Waals surface area contributed by atoms with Crippen LogP contribution in [0, 0.1) is 0 Å². The van der Waals surface area contributed by atoms with Gasteiger partial charge in [-0.05, 0) is 96.3 Å². The molecule has 3 atom stereocenters. The highest BCUT2D eigenvalue weighted by Gasteiger charge is 2.24. The zero-order chi connectivity index (χ0) is 46.7. The molecule has 0 saturated heterocycles. The zero-order valence-electron chi connectivity index (χ0n) is 42.4. The number of aliphatic hydroxyl groups is 2. The van der Waals surface area contributed by atoms with Gasteiger partial charge in [-0.3, -0.25) is 9.59 Å². The standard InChI is InChI=1S/C58H105NO5/c1-4-7-10-13-16-19-22-25-27-28-29-30-31-33-36-39-42-45-48-51-58(63)64-54(49-46-43-40-37-34-32-26-23-20-17-14-11-8-5-2)52-57(62)59-55(53-60)56(61)50-47-44-41-38-35-24-21-18-15-12-9-6-3/h16,19,25,27,29-30,32-34,36,54-56,60-61H,4-15,17-18,20-24,26,28,31,35,37-53H2,1-3H3,(H,59,62)/b19-16-,27-25-,30-29-,34-32+,36-33-. The van der Waals surface area contributed by atoms with E-state index in [2.05, 4.69) is 86.8 Å². The van der Waals surface area contributed by atoms with Crippen molar-refractivity contribution >= 4 is 11.9 Å². The summed E-state index contributed by atoms with van der Waals surface area (Å²) in [5, 5.41) is 23.8. The molecule has 3 unspecified atom stereocenters. The fourth-order valence-electron chi connectivity index (χ4n) is 8.11. The normalized spacial score (nSPS) is 13.6. The summed E-state index contributed by atoms with van der Waals surface area (Å²) in [6.45, 7) is 6.45. The third-order valence-electron chi connectivity index (χ3n) is 12.3. The van der Waals surface area contributed by atoms with Crippen molar-refractivity contribution in [1.82, 2.24) is 5.32 Å². The molecule has 0 aromatic carbocycles. The Morgan fingerprint density at radius 3 is 1.27 bits per heavy atom. The van der Waals surface area contributed by atoms with Crippen LogP contribution in [0.15, 0.2) is 60.8 Å². The molecule has 3 N–H and O–H groups in total. The highest BCUT2D eigenvalue weighted by Crippen LogP contribution is 2.17. The van der Waals surface area contributed by atoms with Gasteiger partial charge < -0.3 is 20.3 Å².